The van der Waals surface area contributed by atoms with Crippen LogP contribution in [0.1, 0.15) is 58.3 Å². The van der Waals surface area contributed by atoms with Gasteiger partial charge in [0.1, 0.15) is 5.69 Å². The molecule has 25 heavy (non-hydrogen) atoms. The van der Waals surface area contributed by atoms with E-state index in [1.807, 2.05) is 24.3 Å². The summed E-state index contributed by atoms with van der Waals surface area (Å²) >= 11 is 5.97. The maximum Gasteiger partial charge on any atom is 0.356 e. The summed E-state index contributed by atoms with van der Waals surface area (Å²) in [5, 5.41) is 9.56. The van der Waals surface area contributed by atoms with Crippen molar-refractivity contribution < 1.29 is 14.7 Å². The van der Waals surface area contributed by atoms with Crippen LogP contribution >= 0.6 is 11.6 Å². The number of carboxylic acids is 1. The number of aromatic nitrogens is 2. The van der Waals surface area contributed by atoms with Crippen molar-refractivity contribution in [3.8, 4) is 0 Å². The van der Waals surface area contributed by atoms with Crippen LogP contribution in [0.3, 0.4) is 0 Å². The number of aromatic carboxylic acids is 1. The summed E-state index contributed by atoms with van der Waals surface area (Å²) in [7, 11) is 0. The molecule has 2 aromatic rings. The molecule has 0 aliphatic carbocycles. The minimum atomic E-state index is -1.17. The molecule has 1 amide bonds. The Morgan fingerprint density at radius 1 is 1.04 bits per heavy atom. The first-order valence-electron chi connectivity index (χ1n) is 8.18. The van der Waals surface area contributed by atoms with Crippen LogP contribution in [0.4, 0.5) is 0 Å². The summed E-state index contributed by atoms with van der Waals surface area (Å²) in [5.74, 6) is -1.40. The standard InChI is InChI=1S/C18H18ClN3O3/c19-13-7-5-12(6-8-13)16-4-2-1-3-9-22(16)17(23)14-10-21-15(11-20-14)18(24)25/h5-8,10-11,16H,1-4,9H2,(H,24,25). The third-order valence-corrected chi connectivity index (χ3v) is 4.61. The molecule has 0 radical (unpaired) electrons. The number of nitrogens with zero attached hydrogens (tertiary/aromatic N) is 3. The zero-order valence-corrected chi connectivity index (χ0v) is 14.3. The molecule has 1 N–H and O–H groups in total. The smallest absolute Gasteiger partial charge is 0.356 e. The maximum absolute atomic E-state index is 12.9. The van der Waals surface area contributed by atoms with Gasteiger partial charge in [0.25, 0.3) is 5.91 Å². The predicted molar refractivity (Wildman–Crippen MR) is 92.7 cm³/mol. The highest BCUT2D eigenvalue weighted by atomic mass is 35.5. The summed E-state index contributed by atoms with van der Waals surface area (Å²) in [5.41, 5.74) is 1.02. The van der Waals surface area contributed by atoms with Crippen molar-refractivity contribution in [1.82, 2.24) is 14.9 Å². The number of benzene rings is 1. The lowest BCUT2D eigenvalue weighted by Crippen LogP contribution is -2.35. The van der Waals surface area contributed by atoms with Crippen molar-refractivity contribution in [3.05, 3.63) is 58.6 Å². The van der Waals surface area contributed by atoms with E-state index in [0.717, 1.165) is 37.4 Å². The lowest BCUT2D eigenvalue weighted by Gasteiger charge is -2.30. The normalized spacial score (nSPS) is 17.8. The van der Waals surface area contributed by atoms with Crippen molar-refractivity contribution in [2.24, 2.45) is 0 Å². The van der Waals surface area contributed by atoms with Gasteiger partial charge in [-0.15, -0.1) is 0 Å². The first-order valence-corrected chi connectivity index (χ1v) is 8.56. The van der Waals surface area contributed by atoms with Crippen LogP contribution < -0.4 is 0 Å². The number of amides is 1. The molecule has 1 fully saturated rings. The lowest BCUT2D eigenvalue weighted by molar-refractivity contribution is 0.0663. The fourth-order valence-electron chi connectivity index (χ4n) is 3.08. The minimum absolute atomic E-state index is 0.0479. The van der Waals surface area contributed by atoms with E-state index < -0.39 is 5.97 Å². The molecule has 0 bridgehead atoms. The highest BCUT2D eigenvalue weighted by molar-refractivity contribution is 6.30. The van der Waals surface area contributed by atoms with Crippen LogP contribution in [0.2, 0.25) is 5.02 Å². The second-order valence-corrected chi connectivity index (χ2v) is 6.44. The SMILES string of the molecule is O=C(O)c1cnc(C(=O)N2CCCCCC2c2ccc(Cl)cc2)cn1. The highest BCUT2D eigenvalue weighted by Gasteiger charge is 2.28. The summed E-state index contributed by atoms with van der Waals surface area (Å²) in [6.45, 7) is 0.633. The number of carboxylic acid groups (broad SMARTS) is 1. The zero-order valence-electron chi connectivity index (χ0n) is 13.6. The van der Waals surface area contributed by atoms with Gasteiger partial charge in [0.15, 0.2) is 5.69 Å². The molecule has 130 valence electrons. The fourth-order valence-corrected chi connectivity index (χ4v) is 3.20. The Morgan fingerprint density at radius 2 is 1.72 bits per heavy atom. The number of rotatable bonds is 3. The first kappa shape index (κ1) is 17.4. The highest BCUT2D eigenvalue weighted by Crippen LogP contribution is 2.31. The van der Waals surface area contributed by atoms with E-state index in [0.29, 0.717) is 11.6 Å². The van der Waals surface area contributed by atoms with Gasteiger partial charge in [0.05, 0.1) is 18.4 Å². The molecule has 7 heteroatoms. The molecule has 1 aliphatic rings. The number of carbonyl (C=O) groups excluding carboxylic acids is 1. The van der Waals surface area contributed by atoms with Crippen LogP contribution in [0.5, 0.6) is 0 Å². The second-order valence-electron chi connectivity index (χ2n) is 6.01. The first-order chi connectivity index (χ1) is 12.1. The average molecular weight is 360 g/mol. The van der Waals surface area contributed by atoms with Gasteiger partial charge in [0, 0.05) is 11.6 Å². The van der Waals surface area contributed by atoms with E-state index in [4.69, 9.17) is 16.7 Å². The topological polar surface area (TPSA) is 83.4 Å². The Labute approximate surface area is 150 Å². The zero-order chi connectivity index (χ0) is 17.8. The summed E-state index contributed by atoms with van der Waals surface area (Å²) in [6.07, 6.45) is 6.25. The van der Waals surface area contributed by atoms with Gasteiger partial charge in [0.2, 0.25) is 0 Å². The van der Waals surface area contributed by atoms with Gasteiger partial charge in [-0.25, -0.2) is 14.8 Å². The molecular weight excluding hydrogens is 342 g/mol. The predicted octanol–water partition coefficient (Wildman–Crippen LogP) is 3.59. The van der Waals surface area contributed by atoms with E-state index in [1.54, 1.807) is 4.90 Å². The Kier molecular flexibility index (Phi) is 5.28. The maximum atomic E-state index is 12.9. The molecule has 1 aromatic carbocycles. The molecule has 1 aromatic heterocycles. The molecule has 1 aliphatic heterocycles. The van der Waals surface area contributed by atoms with Crippen LogP contribution in [-0.4, -0.2) is 38.4 Å². The summed E-state index contributed by atoms with van der Waals surface area (Å²) < 4.78 is 0. The van der Waals surface area contributed by atoms with Crippen LogP contribution in [0.25, 0.3) is 0 Å². The lowest BCUT2D eigenvalue weighted by atomic mass is 10.0. The Morgan fingerprint density at radius 3 is 2.36 bits per heavy atom. The van der Waals surface area contributed by atoms with Crippen LogP contribution in [0.15, 0.2) is 36.7 Å². The van der Waals surface area contributed by atoms with Gasteiger partial charge >= 0.3 is 5.97 Å². The molecular formula is C18H18ClN3O3. The molecule has 1 unspecified atom stereocenters. The fraction of sp³-hybridized carbons (Fsp3) is 0.333. The van der Waals surface area contributed by atoms with Crippen molar-refractivity contribution in [2.45, 2.75) is 31.7 Å². The second kappa shape index (κ2) is 7.61. The van der Waals surface area contributed by atoms with E-state index in [1.165, 1.54) is 6.20 Å². The third kappa shape index (κ3) is 3.96. The van der Waals surface area contributed by atoms with Gasteiger partial charge in [-0.1, -0.05) is 36.6 Å². The van der Waals surface area contributed by atoms with Gasteiger partial charge in [-0.2, -0.15) is 0 Å². The van der Waals surface area contributed by atoms with E-state index in [-0.39, 0.29) is 23.3 Å². The quantitative estimate of drug-likeness (QED) is 0.905. The third-order valence-electron chi connectivity index (χ3n) is 4.36. The minimum Gasteiger partial charge on any atom is -0.476 e. The van der Waals surface area contributed by atoms with Crippen LogP contribution in [-0.2, 0) is 0 Å². The van der Waals surface area contributed by atoms with Gasteiger partial charge in [-0.05, 0) is 30.5 Å². The van der Waals surface area contributed by atoms with Crippen molar-refractivity contribution in [1.29, 1.82) is 0 Å². The molecule has 3 rings (SSSR count). The van der Waals surface area contributed by atoms with Gasteiger partial charge in [-0.3, -0.25) is 4.79 Å². The van der Waals surface area contributed by atoms with Crippen molar-refractivity contribution in [3.63, 3.8) is 0 Å². The Balaban J connectivity index is 1.88. The van der Waals surface area contributed by atoms with Gasteiger partial charge < -0.3 is 10.0 Å². The molecule has 0 saturated carbocycles. The monoisotopic (exact) mass is 359 g/mol. The molecule has 0 spiro atoms. The van der Waals surface area contributed by atoms with E-state index in [9.17, 15) is 9.59 Å². The average Bonchev–Trinajstić information content (AvgIpc) is 2.88. The number of likely N-dealkylation sites (tertiary alicyclic amines) is 1. The Bertz CT molecular complexity index is 762. The van der Waals surface area contributed by atoms with E-state index >= 15 is 0 Å². The van der Waals surface area contributed by atoms with Crippen molar-refractivity contribution >= 4 is 23.5 Å². The number of hydrogen-bond donors (Lipinski definition) is 1. The summed E-state index contributed by atoms with van der Waals surface area (Å²) in [4.78, 5) is 33.4. The number of carbonyl (C=O) groups is 2. The Hall–Kier alpha value is -2.47. The van der Waals surface area contributed by atoms with Crippen molar-refractivity contribution in [2.75, 3.05) is 6.54 Å². The molecule has 6 nitrogen and oxygen atoms in total. The molecule has 1 atom stereocenters. The van der Waals surface area contributed by atoms with Crippen LogP contribution in [0, 0.1) is 0 Å². The molecule has 1 saturated heterocycles. The largest absolute Gasteiger partial charge is 0.476 e. The van der Waals surface area contributed by atoms with E-state index in [2.05, 4.69) is 9.97 Å². The number of hydrogen-bond acceptors (Lipinski definition) is 4. The summed E-state index contributed by atoms with van der Waals surface area (Å²) in [6, 6.07) is 7.49. The molecule has 2 heterocycles. The number of halogens is 1.